The fourth-order valence-corrected chi connectivity index (χ4v) is 4.50. The van der Waals surface area contributed by atoms with Crippen molar-refractivity contribution < 1.29 is 14.4 Å². The van der Waals surface area contributed by atoms with Crippen LogP contribution in [0.5, 0.6) is 0 Å². The molecule has 0 N–H and O–H groups in total. The minimum absolute atomic E-state index is 0.197. The number of amides is 3. The number of carbonyl (C=O) groups excluding carboxylic acids is 3. The molecule has 1 fully saturated rings. The second kappa shape index (κ2) is 7.67. The van der Waals surface area contributed by atoms with Gasteiger partial charge in [-0.3, -0.25) is 19.3 Å². The zero-order valence-corrected chi connectivity index (χ0v) is 15.7. The topological polar surface area (TPSA) is 57.7 Å². The van der Waals surface area contributed by atoms with Crippen molar-refractivity contribution in [3.63, 3.8) is 0 Å². The summed E-state index contributed by atoms with van der Waals surface area (Å²) in [6.07, 6.45) is 8.97. The lowest BCUT2D eigenvalue weighted by molar-refractivity contribution is -0.131. The zero-order chi connectivity index (χ0) is 18.8. The molecule has 2 heterocycles. The molecule has 142 valence electrons. The normalized spacial score (nSPS) is 21.8. The Morgan fingerprint density at radius 1 is 1.04 bits per heavy atom. The van der Waals surface area contributed by atoms with E-state index in [4.69, 9.17) is 0 Å². The van der Waals surface area contributed by atoms with Gasteiger partial charge in [0.25, 0.3) is 11.8 Å². The van der Waals surface area contributed by atoms with Crippen LogP contribution in [0, 0.1) is 5.92 Å². The largest absolute Gasteiger partial charge is 0.339 e. The van der Waals surface area contributed by atoms with Gasteiger partial charge in [0.1, 0.15) is 0 Å². The third kappa shape index (κ3) is 3.55. The molecule has 0 spiro atoms. The fourth-order valence-electron chi connectivity index (χ4n) is 4.50. The molecular weight excluding hydrogens is 340 g/mol. The summed E-state index contributed by atoms with van der Waals surface area (Å²) >= 11 is 0. The highest BCUT2D eigenvalue weighted by atomic mass is 16.2. The average Bonchev–Trinajstić information content (AvgIpc) is 2.95. The first kappa shape index (κ1) is 18.0. The van der Waals surface area contributed by atoms with Gasteiger partial charge in [0.2, 0.25) is 5.91 Å². The number of rotatable bonds is 5. The van der Waals surface area contributed by atoms with Gasteiger partial charge in [0.05, 0.1) is 11.1 Å². The summed E-state index contributed by atoms with van der Waals surface area (Å²) < 4.78 is 0. The minimum Gasteiger partial charge on any atom is -0.339 e. The maximum absolute atomic E-state index is 12.5. The molecule has 27 heavy (non-hydrogen) atoms. The molecule has 1 unspecified atom stereocenters. The van der Waals surface area contributed by atoms with E-state index in [1.54, 1.807) is 24.3 Å². The number of benzene rings is 1. The number of unbranched alkanes of at least 4 members (excludes halogenated alkanes) is 1. The smallest absolute Gasteiger partial charge is 0.261 e. The molecule has 1 aromatic carbocycles. The highest BCUT2D eigenvalue weighted by Gasteiger charge is 2.34. The standard InChI is InChI=1S/C22H26N2O3/c25-20(23-14-12-16-7-1-2-8-17(16)15-23)11-5-6-13-24-21(26)18-9-3-4-10-19(18)22(24)27/h3-4,8-10,16H,1-2,5-7,11-15H2. The van der Waals surface area contributed by atoms with Crippen molar-refractivity contribution in [3.8, 4) is 0 Å². The van der Waals surface area contributed by atoms with E-state index < -0.39 is 0 Å². The van der Waals surface area contributed by atoms with Crippen molar-refractivity contribution >= 4 is 17.7 Å². The number of piperidine rings is 1. The van der Waals surface area contributed by atoms with Gasteiger partial charge in [-0.25, -0.2) is 0 Å². The van der Waals surface area contributed by atoms with E-state index in [9.17, 15) is 14.4 Å². The van der Waals surface area contributed by atoms with Gasteiger partial charge in [-0.15, -0.1) is 0 Å². The molecule has 1 aromatic rings. The second-order valence-electron chi connectivity index (χ2n) is 7.78. The van der Waals surface area contributed by atoms with Gasteiger partial charge >= 0.3 is 0 Å². The molecule has 0 aromatic heterocycles. The number of allylic oxidation sites excluding steroid dienone is 1. The summed E-state index contributed by atoms with van der Waals surface area (Å²) in [7, 11) is 0. The van der Waals surface area contributed by atoms with E-state index in [-0.39, 0.29) is 17.7 Å². The first-order valence-electron chi connectivity index (χ1n) is 10.1. The summed E-state index contributed by atoms with van der Waals surface area (Å²) in [6, 6.07) is 6.94. The summed E-state index contributed by atoms with van der Waals surface area (Å²) in [5.74, 6) is 0.459. The lowest BCUT2D eigenvalue weighted by Crippen LogP contribution is -2.40. The van der Waals surface area contributed by atoms with Crippen molar-refractivity contribution in [1.29, 1.82) is 0 Å². The van der Waals surface area contributed by atoms with E-state index in [1.807, 2.05) is 4.90 Å². The molecule has 5 nitrogen and oxygen atoms in total. The Labute approximate surface area is 160 Å². The fraction of sp³-hybridized carbons (Fsp3) is 0.500. The van der Waals surface area contributed by atoms with Crippen LogP contribution in [0.25, 0.3) is 0 Å². The van der Waals surface area contributed by atoms with Crippen LogP contribution in [-0.2, 0) is 4.79 Å². The minimum atomic E-state index is -0.215. The molecule has 3 aliphatic rings. The van der Waals surface area contributed by atoms with Crippen molar-refractivity contribution in [2.45, 2.75) is 44.9 Å². The van der Waals surface area contributed by atoms with Crippen LogP contribution < -0.4 is 0 Å². The molecule has 0 saturated carbocycles. The van der Waals surface area contributed by atoms with E-state index in [0.29, 0.717) is 42.9 Å². The number of carbonyl (C=O) groups is 3. The molecule has 5 heteroatoms. The number of hydrogen-bond acceptors (Lipinski definition) is 3. The highest BCUT2D eigenvalue weighted by Crippen LogP contribution is 2.32. The molecule has 1 saturated heterocycles. The van der Waals surface area contributed by atoms with Crippen molar-refractivity contribution in [2.24, 2.45) is 5.92 Å². The molecular formula is C22H26N2O3. The van der Waals surface area contributed by atoms with Crippen LogP contribution in [0.1, 0.15) is 65.7 Å². The Morgan fingerprint density at radius 2 is 1.78 bits per heavy atom. The number of imide groups is 1. The maximum atomic E-state index is 12.5. The van der Waals surface area contributed by atoms with Gasteiger partial charge in [0, 0.05) is 26.1 Å². The van der Waals surface area contributed by atoms with E-state index >= 15 is 0 Å². The molecule has 0 bridgehead atoms. The molecule has 4 rings (SSSR count). The van der Waals surface area contributed by atoms with Crippen LogP contribution in [0.3, 0.4) is 0 Å². The quantitative estimate of drug-likeness (QED) is 0.456. The van der Waals surface area contributed by atoms with E-state index in [2.05, 4.69) is 6.08 Å². The van der Waals surface area contributed by atoms with Crippen LogP contribution in [0.15, 0.2) is 35.9 Å². The first-order valence-corrected chi connectivity index (χ1v) is 10.1. The molecule has 1 aliphatic carbocycles. The third-order valence-corrected chi connectivity index (χ3v) is 6.06. The van der Waals surface area contributed by atoms with E-state index in [1.165, 1.54) is 23.3 Å². The van der Waals surface area contributed by atoms with Gasteiger partial charge in [-0.1, -0.05) is 23.8 Å². The summed E-state index contributed by atoms with van der Waals surface area (Å²) in [4.78, 5) is 40.5. The average molecular weight is 366 g/mol. The van der Waals surface area contributed by atoms with Gasteiger partial charge < -0.3 is 4.90 Å². The number of hydrogen-bond donors (Lipinski definition) is 0. The van der Waals surface area contributed by atoms with Crippen LogP contribution in [-0.4, -0.2) is 47.2 Å². The van der Waals surface area contributed by atoms with Crippen molar-refractivity contribution in [2.75, 3.05) is 19.6 Å². The van der Waals surface area contributed by atoms with Gasteiger partial charge in [-0.2, -0.15) is 0 Å². The predicted octanol–water partition coefficient (Wildman–Crippen LogP) is 3.41. The zero-order valence-electron chi connectivity index (χ0n) is 15.7. The van der Waals surface area contributed by atoms with Gasteiger partial charge in [0.15, 0.2) is 0 Å². The molecule has 1 atom stereocenters. The Balaban J connectivity index is 1.24. The second-order valence-corrected chi connectivity index (χ2v) is 7.78. The highest BCUT2D eigenvalue weighted by molar-refractivity contribution is 6.21. The van der Waals surface area contributed by atoms with Gasteiger partial charge in [-0.05, 0) is 56.6 Å². The number of fused-ring (bicyclic) bond motifs is 2. The predicted molar refractivity (Wildman–Crippen MR) is 102 cm³/mol. The summed E-state index contributed by atoms with van der Waals surface area (Å²) in [5, 5.41) is 0. The van der Waals surface area contributed by atoms with Crippen LogP contribution in [0.4, 0.5) is 0 Å². The van der Waals surface area contributed by atoms with Crippen LogP contribution >= 0.6 is 0 Å². The molecule has 2 aliphatic heterocycles. The number of likely N-dealkylation sites (tertiary alicyclic amines) is 1. The maximum Gasteiger partial charge on any atom is 0.261 e. The molecule has 0 radical (unpaired) electrons. The Bertz CT molecular complexity index is 764. The SMILES string of the molecule is O=C(CCCCN1C(=O)c2ccccc2C1=O)N1CCC2CCCC=C2C1. The lowest BCUT2D eigenvalue weighted by Gasteiger charge is -2.36. The Hall–Kier alpha value is -2.43. The van der Waals surface area contributed by atoms with E-state index in [0.717, 1.165) is 25.9 Å². The third-order valence-electron chi connectivity index (χ3n) is 6.06. The lowest BCUT2D eigenvalue weighted by atomic mass is 9.82. The van der Waals surface area contributed by atoms with Crippen molar-refractivity contribution in [3.05, 3.63) is 47.0 Å². The monoisotopic (exact) mass is 366 g/mol. The summed E-state index contributed by atoms with van der Waals surface area (Å²) in [6.45, 7) is 2.04. The number of nitrogens with zero attached hydrogens (tertiary/aromatic N) is 2. The first-order chi connectivity index (χ1) is 13.1. The van der Waals surface area contributed by atoms with Crippen LogP contribution in [0.2, 0.25) is 0 Å². The Kier molecular flexibility index (Phi) is 5.10. The summed E-state index contributed by atoms with van der Waals surface area (Å²) in [5.41, 5.74) is 2.43. The van der Waals surface area contributed by atoms with Crippen molar-refractivity contribution in [1.82, 2.24) is 9.80 Å². The molecule has 3 amide bonds. The Morgan fingerprint density at radius 3 is 2.52 bits per heavy atom.